The van der Waals surface area contributed by atoms with Crippen LogP contribution in [0.1, 0.15) is 18.4 Å². The fraction of sp³-hybridized carbons (Fsp3) is 0.333. The van der Waals surface area contributed by atoms with Crippen LogP contribution >= 0.6 is 0 Å². The quantitative estimate of drug-likeness (QED) is 0.712. The van der Waals surface area contributed by atoms with E-state index in [1.165, 1.54) is 0 Å². The molecule has 0 aromatic heterocycles. The summed E-state index contributed by atoms with van der Waals surface area (Å²) in [6, 6.07) is 9.43. The first-order valence-corrected chi connectivity index (χ1v) is 5.03. The summed E-state index contributed by atoms with van der Waals surface area (Å²) < 4.78 is 5.37. The van der Waals surface area contributed by atoms with Gasteiger partial charge in [-0.3, -0.25) is 4.79 Å². The molecule has 86 valence electrons. The monoisotopic (exact) mass is 222 g/mol. The van der Waals surface area contributed by atoms with Gasteiger partial charge in [-0.1, -0.05) is 30.3 Å². The molecule has 1 N–H and O–H groups in total. The molecule has 0 spiro atoms. The molecule has 0 aliphatic heterocycles. The van der Waals surface area contributed by atoms with Gasteiger partial charge in [-0.2, -0.15) is 0 Å². The largest absolute Gasteiger partial charge is 0.481 e. The second-order valence-electron chi connectivity index (χ2n) is 3.42. The average Bonchev–Trinajstić information content (AvgIpc) is 2.27. The SMILES string of the molecule is O=CC[C@H](CC(=O)O)OCc1ccccc1. The maximum Gasteiger partial charge on any atom is 0.305 e. The van der Waals surface area contributed by atoms with Gasteiger partial charge in [0.15, 0.2) is 0 Å². The number of benzene rings is 1. The van der Waals surface area contributed by atoms with E-state index in [0.29, 0.717) is 12.9 Å². The number of hydrogen-bond acceptors (Lipinski definition) is 3. The summed E-state index contributed by atoms with van der Waals surface area (Å²) in [6.07, 6.45) is 0.0961. The lowest BCUT2D eigenvalue weighted by molar-refractivity contribution is -0.140. The molecule has 1 aromatic rings. The van der Waals surface area contributed by atoms with Crippen molar-refractivity contribution in [1.82, 2.24) is 0 Å². The van der Waals surface area contributed by atoms with Crippen molar-refractivity contribution in [3.63, 3.8) is 0 Å². The summed E-state index contributed by atoms with van der Waals surface area (Å²) in [6.45, 7) is 0.326. The fourth-order valence-electron chi connectivity index (χ4n) is 1.30. The summed E-state index contributed by atoms with van der Waals surface area (Å²) in [5, 5.41) is 8.61. The Morgan fingerprint density at radius 1 is 1.38 bits per heavy atom. The highest BCUT2D eigenvalue weighted by Crippen LogP contribution is 2.08. The van der Waals surface area contributed by atoms with Crippen LogP contribution in [0, 0.1) is 0 Å². The molecule has 4 heteroatoms. The molecule has 0 unspecified atom stereocenters. The van der Waals surface area contributed by atoms with Gasteiger partial charge < -0.3 is 14.6 Å². The van der Waals surface area contributed by atoms with Crippen LogP contribution in [0.5, 0.6) is 0 Å². The molecule has 4 nitrogen and oxygen atoms in total. The minimum absolute atomic E-state index is 0.110. The maximum atomic E-state index is 10.5. The van der Waals surface area contributed by atoms with Crippen molar-refractivity contribution in [2.75, 3.05) is 0 Å². The Kier molecular flexibility index (Phi) is 5.22. The van der Waals surface area contributed by atoms with Gasteiger partial charge in [0.25, 0.3) is 0 Å². The highest BCUT2D eigenvalue weighted by Gasteiger charge is 2.13. The van der Waals surface area contributed by atoms with Gasteiger partial charge in [0.05, 0.1) is 19.1 Å². The first kappa shape index (κ1) is 12.4. The molecule has 1 aromatic carbocycles. The molecule has 0 fully saturated rings. The van der Waals surface area contributed by atoms with E-state index in [9.17, 15) is 9.59 Å². The number of carboxylic acid groups (broad SMARTS) is 1. The number of aliphatic carboxylic acids is 1. The standard InChI is InChI=1S/C12H14O4/c13-7-6-11(8-12(14)15)16-9-10-4-2-1-3-5-10/h1-5,7,11H,6,8-9H2,(H,14,15)/t11-/m1/s1. The van der Waals surface area contributed by atoms with E-state index in [1.54, 1.807) is 0 Å². The molecule has 0 saturated heterocycles. The van der Waals surface area contributed by atoms with E-state index in [0.717, 1.165) is 5.56 Å². The zero-order chi connectivity index (χ0) is 11.8. The van der Waals surface area contributed by atoms with Gasteiger partial charge in [-0.05, 0) is 5.56 Å². The first-order valence-electron chi connectivity index (χ1n) is 5.03. The van der Waals surface area contributed by atoms with E-state index in [1.807, 2.05) is 30.3 Å². The number of aldehydes is 1. The normalized spacial score (nSPS) is 12.0. The van der Waals surface area contributed by atoms with Crippen molar-refractivity contribution in [2.45, 2.75) is 25.6 Å². The Labute approximate surface area is 93.9 Å². The molecule has 1 atom stereocenters. The molecule has 0 saturated carbocycles. The van der Waals surface area contributed by atoms with Crippen LogP contribution in [-0.4, -0.2) is 23.5 Å². The first-order chi connectivity index (χ1) is 7.72. The van der Waals surface area contributed by atoms with E-state index in [-0.39, 0.29) is 12.8 Å². The van der Waals surface area contributed by atoms with Gasteiger partial charge in [0, 0.05) is 6.42 Å². The van der Waals surface area contributed by atoms with Crippen LogP contribution in [0.2, 0.25) is 0 Å². The van der Waals surface area contributed by atoms with Crippen LogP contribution in [0.15, 0.2) is 30.3 Å². The van der Waals surface area contributed by atoms with Crippen molar-refractivity contribution >= 4 is 12.3 Å². The average molecular weight is 222 g/mol. The molecular formula is C12H14O4. The van der Waals surface area contributed by atoms with Crippen molar-refractivity contribution in [2.24, 2.45) is 0 Å². The van der Waals surface area contributed by atoms with E-state index in [4.69, 9.17) is 9.84 Å². The third-order valence-corrected chi connectivity index (χ3v) is 2.09. The molecule has 0 amide bonds. The second-order valence-corrected chi connectivity index (χ2v) is 3.42. The summed E-state index contributed by atoms with van der Waals surface area (Å²) >= 11 is 0. The lowest BCUT2D eigenvalue weighted by Gasteiger charge is -2.13. The lowest BCUT2D eigenvalue weighted by Crippen LogP contribution is -2.18. The number of rotatable bonds is 7. The Morgan fingerprint density at radius 2 is 2.06 bits per heavy atom. The van der Waals surface area contributed by atoms with Crippen molar-refractivity contribution in [1.29, 1.82) is 0 Å². The third kappa shape index (κ3) is 4.70. The van der Waals surface area contributed by atoms with E-state index in [2.05, 4.69) is 0 Å². The zero-order valence-corrected chi connectivity index (χ0v) is 8.83. The van der Waals surface area contributed by atoms with E-state index < -0.39 is 12.1 Å². The maximum absolute atomic E-state index is 10.5. The van der Waals surface area contributed by atoms with Crippen LogP contribution in [0.25, 0.3) is 0 Å². The predicted molar refractivity (Wildman–Crippen MR) is 58.0 cm³/mol. The Morgan fingerprint density at radius 3 is 2.62 bits per heavy atom. The molecule has 1 rings (SSSR count). The summed E-state index contributed by atoms with van der Waals surface area (Å²) in [5.74, 6) is -0.958. The van der Waals surface area contributed by atoms with Gasteiger partial charge in [0.2, 0.25) is 0 Å². The molecule has 0 bridgehead atoms. The van der Waals surface area contributed by atoms with E-state index >= 15 is 0 Å². The van der Waals surface area contributed by atoms with Gasteiger partial charge >= 0.3 is 5.97 Å². The Hall–Kier alpha value is -1.68. The Bertz CT molecular complexity index is 334. The van der Waals surface area contributed by atoms with Crippen LogP contribution in [0.4, 0.5) is 0 Å². The number of ether oxygens (including phenoxy) is 1. The van der Waals surface area contributed by atoms with Gasteiger partial charge in [-0.15, -0.1) is 0 Å². The summed E-state index contributed by atoms with van der Waals surface area (Å²) in [4.78, 5) is 20.8. The van der Waals surface area contributed by atoms with Crippen LogP contribution in [-0.2, 0) is 20.9 Å². The highest BCUT2D eigenvalue weighted by molar-refractivity contribution is 5.68. The number of carbonyl (C=O) groups excluding carboxylic acids is 1. The molecule has 0 aliphatic carbocycles. The molecule has 16 heavy (non-hydrogen) atoms. The molecular weight excluding hydrogens is 208 g/mol. The topological polar surface area (TPSA) is 63.6 Å². The molecule has 0 aliphatic rings. The van der Waals surface area contributed by atoms with Gasteiger partial charge in [0.1, 0.15) is 6.29 Å². The number of carboxylic acids is 1. The lowest BCUT2D eigenvalue weighted by atomic mass is 10.2. The second kappa shape index (κ2) is 6.74. The third-order valence-electron chi connectivity index (χ3n) is 2.09. The van der Waals surface area contributed by atoms with Crippen molar-refractivity contribution < 1.29 is 19.4 Å². The van der Waals surface area contributed by atoms with Crippen molar-refractivity contribution in [3.05, 3.63) is 35.9 Å². The van der Waals surface area contributed by atoms with Gasteiger partial charge in [-0.25, -0.2) is 0 Å². The van der Waals surface area contributed by atoms with Crippen LogP contribution < -0.4 is 0 Å². The fourth-order valence-corrected chi connectivity index (χ4v) is 1.30. The predicted octanol–water partition coefficient (Wildman–Crippen LogP) is 1.64. The highest BCUT2D eigenvalue weighted by atomic mass is 16.5. The minimum Gasteiger partial charge on any atom is -0.481 e. The van der Waals surface area contributed by atoms with Crippen molar-refractivity contribution in [3.8, 4) is 0 Å². The number of hydrogen-bond donors (Lipinski definition) is 1. The molecule has 0 heterocycles. The molecule has 0 radical (unpaired) electrons. The Balaban J connectivity index is 2.43. The zero-order valence-electron chi connectivity index (χ0n) is 8.83. The van der Waals surface area contributed by atoms with Crippen LogP contribution in [0.3, 0.4) is 0 Å². The smallest absolute Gasteiger partial charge is 0.305 e. The minimum atomic E-state index is -0.958. The summed E-state index contributed by atoms with van der Waals surface area (Å²) in [5.41, 5.74) is 0.962. The number of carbonyl (C=O) groups is 2. The summed E-state index contributed by atoms with van der Waals surface area (Å²) in [7, 11) is 0.